The molecular formula is C15H15N3O3S2. The normalized spacial score (nSPS) is 14.7. The van der Waals surface area contributed by atoms with Crippen molar-refractivity contribution in [3.8, 4) is 0 Å². The van der Waals surface area contributed by atoms with Crippen molar-refractivity contribution in [1.82, 2.24) is 15.0 Å². The highest BCUT2D eigenvalue weighted by molar-refractivity contribution is 7.94. The van der Waals surface area contributed by atoms with Crippen molar-refractivity contribution < 1.29 is 13.5 Å². The van der Waals surface area contributed by atoms with Crippen molar-refractivity contribution >= 4 is 31.4 Å². The summed E-state index contributed by atoms with van der Waals surface area (Å²) in [6.07, 6.45) is 1.78. The summed E-state index contributed by atoms with van der Waals surface area (Å²) in [6, 6.07) is 7.21. The molecule has 6 nitrogen and oxygen atoms in total. The zero-order valence-electron chi connectivity index (χ0n) is 12.5. The van der Waals surface area contributed by atoms with E-state index in [4.69, 9.17) is 0 Å². The van der Waals surface area contributed by atoms with Crippen LogP contribution in [0.25, 0.3) is 10.2 Å². The second-order valence-electron chi connectivity index (χ2n) is 5.26. The number of para-hydroxylation sites is 1. The summed E-state index contributed by atoms with van der Waals surface area (Å²) >= 11 is 1.10. The van der Waals surface area contributed by atoms with Crippen LogP contribution in [0.2, 0.25) is 0 Å². The molecule has 3 rings (SSSR count). The first-order valence-corrected chi connectivity index (χ1v) is 9.32. The van der Waals surface area contributed by atoms with E-state index in [9.17, 15) is 13.5 Å². The summed E-state index contributed by atoms with van der Waals surface area (Å²) in [5.41, 5.74) is 1.46. The molecule has 23 heavy (non-hydrogen) atoms. The Hall–Kier alpha value is -1.90. The number of benzene rings is 1. The number of nitrogens with zero attached hydrogens (tertiary/aromatic N) is 3. The van der Waals surface area contributed by atoms with Crippen molar-refractivity contribution in [3.05, 3.63) is 48.0 Å². The number of thiazole rings is 1. The Labute approximate surface area is 137 Å². The number of aliphatic hydroxyl groups is 1. The molecule has 8 heteroatoms. The van der Waals surface area contributed by atoms with Gasteiger partial charge >= 0.3 is 0 Å². The minimum atomic E-state index is -3.78. The Morgan fingerprint density at radius 2 is 1.83 bits per heavy atom. The molecule has 0 saturated heterocycles. The SMILES string of the molecule is Cc1cnc([C@H](O)[C@H](C)S(=O)(=O)c2nc3ccccc3s2)nc1. The second-order valence-corrected chi connectivity index (χ2v) is 8.77. The van der Waals surface area contributed by atoms with Crippen molar-refractivity contribution in [3.63, 3.8) is 0 Å². The van der Waals surface area contributed by atoms with Gasteiger partial charge < -0.3 is 5.11 Å². The fourth-order valence-corrected chi connectivity index (χ4v) is 4.96. The lowest BCUT2D eigenvalue weighted by Gasteiger charge is -2.16. The van der Waals surface area contributed by atoms with Gasteiger partial charge in [0.1, 0.15) is 6.10 Å². The van der Waals surface area contributed by atoms with Crippen LogP contribution in [-0.4, -0.2) is 33.7 Å². The van der Waals surface area contributed by atoms with Gasteiger partial charge in [-0.05, 0) is 31.5 Å². The van der Waals surface area contributed by atoms with Gasteiger partial charge in [0.05, 0.1) is 15.5 Å². The summed E-state index contributed by atoms with van der Waals surface area (Å²) in [5, 5.41) is 9.23. The Morgan fingerprint density at radius 3 is 2.48 bits per heavy atom. The van der Waals surface area contributed by atoms with E-state index in [1.54, 1.807) is 24.5 Å². The molecule has 0 bridgehead atoms. The average molecular weight is 349 g/mol. The van der Waals surface area contributed by atoms with Crippen molar-refractivity contribution in [2.75, 3.05) is 0 Å². The Morgan fingerprint density at radius 1 is 1.17 bits per heavy atom. The van der Waals surface area contributed by atoms with E-state index in [2.05, 4.69) is 15.0 Å². The maximum absolute atomic E-state index is 12.7. The van der Waals surface area contributed by atoms with Gasteiger partial charge in [0.2, 0.25) is 14.2 Å². The second kappa shape index (κ2) is 5.95. The standard InChI is InChI=1S/C15H15N3O3S2/c1-9-7-16-14(17-8-9)13(19)10(2)23(20,21)15-18-11-5-3-4-6-12(11)22-15/h3-8,10,13,19H,1-2H3/t10-,13+/m0/s1. The third-order valence-electron chi connectivity index (χ3n) is 3.52. The summed E-state index contributed by atoms with van der Waals surface area (Å²) in [6.45, 7) is 3.26. The van der Waals surface area contributed by atoms with Crippen LogP contribution < -0.4 is 0 Å². The van der Waals surface area contributed by atoms with Gasteiger partial charge in [-0.1, -0.05) is 12.1 Å². The molecule has 1 aromatic carbocycles. The quantitative estimate of drug-likeness (QED) is 0.777. The number of hydrogen-bond donors (Lipinski definition) is 1. The fourth-order valence-electron chi connectivity index (χ4n) is 2.07. The Kier molecular flexibility index (Phi) is 4.13. The average Bonchev–Trinajstić information content (AvgIpc) is 2.99. The molecule has 2 atom stereocenters. The molecular weight excluding hydrogens is 334 g/mol. The highest BCUT2D eigenvalue weighted by atomic mass is 32.2. The Bertz CT molecular complexity index is 903. The van der Waals surface area contributed by atoms with Gasteiger partial charge in [0.25, 0.3) is 0 Å². The molecule has 120 valence electrons. The molecule has 0 unspecified atom stereocenters. The maximum atomic E-state index is 12.7. The lowest BCUT2D eigenvalue weighted by Crippen LogP contribution is -2.27. The predicted molar refractivity (Wildman–Crippen MR) is 88.0 cm³/mol. The zero-order chi connectivity index (χ0) is 16.6. The van der Waals surface area contributed by atoms with Crippen LogP contribution in [0.1, 0.15) is 24.4 Å². The highest BCUT2D eigenvalue weighted by Gasteiger charge is 2.34. The van der Waals surface area contributed by atoms with Gasteiger partial charge in [-0.2, -0.15) is 0 Å². The topological polar surface area (TPSA) is 93.0 Å². The van der Waals surface area contributed by atoms with E-state index in [-0.39, 0.29) is 10.2 Å². The first kappa shape index (κ1) is 16.0. The van der Waals surface area contributed by atoms with E-state index in [0.29, 0.717) is 5.52 Å². The van der Waals surface area contributed by atoms with Crippen LogP contribution in [0.15, 0.2) is 41.0 Å². The van der Waals surface area contributed by atoms with E-state index in [1.807, 2.05) is 19.1 Å². The van der Waals surface area contributed by atoms with E-state index in [0.717, 1.165) is 21.6 Å². The molecule has 0 spiro atoms. The van der Waals surface area contributed by atoms with Gasteiger partial charge in [0, 0.05) is 12.4 Å². The molecule has 2 aromatic heterocycles. The number of aliphatic hydroxyl groups excluding tert-OH is 1. The molecule has 0 amide bonds. The molecule has 0 aliphatic rings. The molecule has 3 aromatic rings. The fraction of sp³-hybridized carbons (Fsp3) is 0.267. The molecule has 0 radical (unpaired) electrons. The van der Waals surface area contributed by atoms with Crippen LogP contribution >= 0.6 is 11.3 Å². The molecule has 0 fully saturated rings. The number of aromatic nitrogens is 3. The number of aryl methyl sites for hydroxylation is 1. The van der Waals surface area contributed by atoms with Crippen LogP contribution in [0.3, 0.4) is 0 Å². The van der Waals surface area contributed by atoms with Gasteiger partial charge in [-0.15, -0.1) is 11.3 Å². The molecule has 0 aliphatic carbocycles. The van der Waals surface area contributed by atoms with Crippen LogP contribution in [0.5, 0.6) is 0 Å². The minimum Gasteiger partial charge on any atom is -0.384 e. The first-order chi connectivity index (χ1) is 10.9. The van der Waals surface area contributed by atoms with Crippen LogP contribution in [0, 0.1) is 6.92 Å². The predicted octanol–water partition coefficient (Wildman–Crippen LogP) is 2.29. The van der Waals surface area contributed by atoms with Crippen molar-refractivity contribution in [2.24, 2.45) is 0 Å². The highest BCUT2D eigenvalue weighted by Crippen LogP contribution is 2.31. The molecule has 0 aliphatic heterocycles. The lowest BCUT2D eigenvalue weighted by atomic mass is 10.2. The van der Waals surface area contributed by atoms with Crippen LogP contribution in [-0.2, 0) is 9.84 Å². The van der Waals surface area contributed by atoms with Gasteiger partial charge in [0.15, 0.2) is 5.82 Å². The maximum Gasteiger partial charge on any atom is 0.210 e. The number of hydrogen-bond acceptors (Lipinski definition) is 7. The van der Waals surface area contributed by atoms with Crippen molar-refractivity contribution in [1.29, 1.82) is 0 Å². The van der Waals surface area contributed by atoms with Crippen LogP contribution in [0.4, 0.5) is 0 Å². The summed E-state index contributed by atoms with van der Waals surface area (Å²) in [4.78, 5) is 12.2. The van der Waals surface area contributed by atoms with Crippen molar-refractivity contribution in [2.45, 2.75) is 29.5 Å². The smallest absolute Gasteiger partial charge is 0.210 e. The summed E-state index contributed by atoms with van der Waals surface area (Å²) < 4.78 is 26.2. The number of fused-ring (bicyclic) bond motifs is 1. The molecule has 0 saturated carbocycles. The van der Waals surface area contributed by atoms with E-state index >= 15 is 0 Å². The third kappa shape index (κ3) is 2.97. The molecule has 1 N–H and O–H groups in total. The first-order valence-electron chi connectivity index (χ1n) is 6.95. The number of rotatable bonds is 4. The van der Waals surface area contributed by atoms with Gasteiger partial charge in [-0.3, -0.25) is 0 Å². The van der Waals surface area contributed by atoms with Gasteiger partial charge in [-0.25, -0.2) is 23.4 Å². The van der Waals surface area contributed by atoms with E-state index < -0.39 is 21.2 Å². The third-order valence-corrected chi connectivity index (χ3v) is 7.11. The Balaban J connectivity index is 1.96. The number of sulfone groups is 1. The van der Waals surface area contributed by atoms with E-state index in [1.165, 1.54) is 6.92 Å². The monoisotopic (exact) mass is 349 g/mol. The summed E-state index contributed by atoms with van der Waals surface area (Å²) in [7, 11) is -3.78. The minimum absolute atomic E-state index is 0.00244. The lowest BCUT2D eigenvalue weighted by molar-refractivity contribution is 0.166. The summed E-state index contributed by atoms with van der Waals surface area (Å²) in [5.74, 6) is 0.0905. The molecule has 2 heterocycles. The zero-order valence-corrected chi connectivity index (χ0v) is 14.2. The largest absolute Gasteiger partial charge is 0.384 e.